The van der Waals surface area contributed by atoms with E-state index in [0.29, 0.717) is 18.1 Å². The monoisotopic (exact) mass is 354 g/mol. The van der Waals surface area contributed by atoms with Crippen molar-refractivity contribution in [3.8, 4) is 0 Å². The standard InChI is InChI=1S/C16H26N4O3S/c1-2-3-4-15(22)20(7-6-19-8-10-23-11-9-19)13-14(21)18-16-17-5-12-24-16/h5,12H,2-4,6-11,13H2,1H3,(H,17,18,21). The second-order valence-electron chi connectivity index (χ2n) is 5.76. The van der Waals surface area contributed by atoms with Gasteiger partial charge in [-0.1, -0.05) is 13.3 Å². The fourth-order valence-corrected chi connectivity index (χ4v) is 3.03. The summed E-state index contributed by atoms with van der Waals surface area (Å²) < 4.78 is 5.34. The van der Waals surface area contributed by atoms with Crippen LogP contribution in [0.15, 0.2) is 11.6 Å². The molecule has 0 atom stereocenters. The summed E-state index contributed by atoms with van der Waals surface area (Å²) in [5, 5.41) is 5.11. The van der Waals surface area contributed by atoms with E-state index in [1.54, 1.807) is 16.5 Å². The number of hydrogen-bond acceptors (Lipinski definition) is 6. The number of hydrogen-bond donors (Lipinski definition) is 1. The van der Waals surface area contributed by atoms with Gasteiger partial charge in [-0.2, -0.15) is 0 Å². The maximum absolute atomic E-state index is 12.4. The molecule has 0 bridgehead atoms. The van der Waals surface area contributed by atoms with E-state index in [1.165, 1.54) is 11.3 Å². The van der Waals surface area contributed by atoms with Crippen molar-refractivity contribution < 1.29 is 14.3 Å². The molecule has 2 heterocycles. The van der Waals surface area contributed by atoms with Crippen LogP contribution in [0.25, 0.3) is 0 Å². The van der Waals surface area contributed by atoms with E-state index >= 15 is 0 Å². The lowest BCUT2D eigenvalue weighted by Gasteiger charge is -2.30. The summed E-state index contributed by atoms with van der Waals surface area (Å²) in [6.45, 7) is 6.68. The second kappa shape index (κ2) is 10.4. The van der Waals surface area contributed by atoms with E-state index in [2.05, 4.69) is 22.1 Å². The number of aromatic nitrogens is 1. The van der Waals surface area contributed by atoms with Crippen molar-refractivity contribution in [2.45, 2.75) is 26.2 Å². The summed E-state index contributed by atoms with van der Waals surface area (Å²) in [5.41, 5.74) is 0. The fourth-order valence-electron chi connectivity index (χ4n) is 2.48. The third-order valence-electron chi connectivity index (χ3n) is 3.90. The lowest BCUT2D eigenvalue weighted by Crippen LogP contribution is -2.45. The molecule has 1 N–H and O–H groups in total. The summed E-state index contributed by atoms with van der Waals surface area (Å²) in [4.78, 5) is 32.5. The molecule has 1 aliphatic rings. The number of nitrogens with one attached hydrogen (secondary N) is 1. The Balaban J connectivity index is 1.85. The predicted molar refractivity (Wildman–Crippen MR) is 94.1 cm³/mol. The van der Waals surface area contributed by atoms with E-state index in [4.69, 9.17) is 4.74 Å². The molecule has 2 amide bonds. The smallest absolute Gasteiger partial charge is 0.245 e. The van der Waals surface area contributed by atoms with Gasteiger partial charge in [0.05, 0.1) is 19.8 Å². The summed E-state index contributed by atoms with van der Waals surface area (Å²) >= 11 is 1.37. The van der Waals surface area contributed by atoms with Gasteiger partial charge >= 0.3 is 0 Å². The van der Waals surface area contributed by atoms with Gasteiger partial charge < -0.3 is 15.0 Å². The summed E-state index contributed by atoms with van der Waals surface area (Å²) in [5.74, 6) is -0.156. The van der Waals surface area contributed by atoms with Crippen molar-refractivity contribution in [2.24, 2.45) is 0 Å². The molecule has 24 heavy (non-hydrogen) atoms. The minimum absolute atomic E-state index is 0.0411. The Morgan fingerprint density at radius 1 is 1.42 bits per heavy atom. The zero-order valence-electron chi connectivity index (χ0n) is 14.2. The quantitative estimate of drug-likeness (QED) is 0.726. The van der Waals surface area contributed by atoms with Crippen LogP contribution in [0, 0.1) is 0 Å². The van der Waals surface area contributed by atoms with Gasteiger partial charge in [0.15, 0.2) is 5.13 Å². The van der Waals surface area contributed by atoms with Gasteiger partial charge in [-0.25, -0.2) is 4.98 Å². The molecule has 7 nitrogen and oxygen atoms in total. The zero-order valence-corrected chi connectivity index (χ0v) is 15.0. The number of ether oxygens (including phenoxy) is 1. The molecule has 1 saturated heterocycles. The van der Waals surface area contributed by atoms with E-state index in [-0.39, 0.29) is 18.4 Å². The average molecular weight is 354 g/mol. The minimum atomic E-state index is -0.197. The number of unbranched alkanes of at least 4 members (excludes halogenated alkanes) is 1. The molecule has 1 fully saturated rings. The molecular formula is C16H26N4O3S. The first-order chi connectivity index (χ1) is 11.7. The lowest BCUT2D eigenvalue weighted by atomic mass is 10.2. The Morgan fingerprint density at radius 2 is 2.21 bits per heavy atom. The third kappa shape index (κ3) is 6.54. The molecule has 0 saturated carbocycles. The molecule has 1 aromatic rings. The SMILES string of the molecule is CCCCC(=O)N(CCN1CCOCC1)CC(=O)Nc1nccs1. The highest BCUT2D eigenvalue weighted by Gasteiger charge is 2.19. The zero-order chi connectivity index (χ0) is 17.2. The van der Waals surface area contributed by atoms with Crippen LogP contribution in [0.5, 0.6) is 0 Å². The maximum Gasteiger partial charge on any atom is 0.245 e. The normalized spacial score (nSPS) is 15.2. The van der Waals surface area contributed by atoms with Crippen LogP contribution in [0.1, 0.15) is 26.2 Å². The Hall–Kier alpha value is -1.51. The van der Waals surface area contributed by atoms with Crippen LogP contribution >= 0.6 is 11.3 Å². The highest BCUT2D eigenvalue weighted by atomic mass is 32.1. The fraction of sp³-hybridized carbons (Fsp3) is 0.688. The minimum Gasteiger partial charge on any atom is -0.379 e. The Kier molecular flexibility index (Phi) is 8.14. The van der Waals surface area contributed by atoms with Gasteiger partial charge in [-0.3, -0.25) is 14.5 Å². The highest BCUT2D eigenvalue weighted by Crippen LogP contribution is 2.10. The molecule has 0 spiro atoms. The number of carbonyl (C=O) groups is 2. The number of anilines is 1. The number of nitrogens with zero attached hydrogens (tertiary/aromatic N) is 3. The van der Waals surface area contributed by atoms with Gasteiger partial charge in [0.1, 0.15) is 0 Å². The molecule has 2 rings (SSSR count). The molecule has 8 heteroatoms. The summed E-state index contributed by atoms with van der Waals surface area (Å²) in [6.07, 6.45) is 3.95. The topological polar surface area (TPSA) is 74.8 Å². The molecule has 1 aromatic heterocycles. The van der Waals surface area contributed by atoms with E-state index in [0.717, 1.165) is 45.7 Å². The van der Waals surface area contributed by atoms with Crippen LogP contribution < -0.4 is 5.32 Å². The third-order valence-corrected chi connectivity index (χ3v) is 4.59. The van der Waals surface area contributed by atoms with Crippen LogP contribution in [0.3, 0.4) is 0 Å². The van der Waals surface area contributed by atoms with E-state index in [9.17, 15) is 9.59 Å². The number of amides is 2. The Labute approximate surface area is 147 Å². The average Bonchev–Trinajstić information content (AvgIpc) is 3.10. The summed E-state index contributed by atoms with van der Waals surface area (Å²) in [6, 6.07) is 0. The van der Waals surface area contributed by atoms with Crippen molar-refractivity contribution in [1.29, 1.82) is 0 Å². The van der Waals surface area contributed by atoms with Gasteiger partial charge in [0.25, 0.3) is 0 Å². The molecule has 0 unspecified atom stereocenters. The van der Waals surface area contributed by atoms with Gasteiger partial charge in [-0.05, 0) is 6.42 Å². The molecular weight excluding hydrogens is 328 g/mol. The van der Waals surface area contributed by atoms with Crippen molar-refractivity contribution >= 4 is 28.3 Å². The largest absolute Gasteiger partial charge is 0.379 e. The summed E-state index contributed by atoms with van der Waals surface area (Å²) in [7, 11) is 0. The number of thiazole rings is 1. The number of rotatable bonds is 9. The first kappa shape index (κ1) is 18.8. The van der Waals surface area contributed by atoms with Gasteiger partial charge in [-0.15, -0.1) is 11.3 Å². The molecule has 1 aliphatic heterocycles. The Bertz CT molecular complexity index is 503. The molecule has 0 radical (unpaired) electrons. The molecule has 0 aliphatic carbocycles. The van der Waals surface area contributed by atoms with Crippen LogP contribution in [-0.2, 0) is 14.3 Å². The van der Waals surface area contributed by atoms with Gasteiger partial charge in [0.2, 0.25) is 11.8 Å². The molecule has 134 valence electrons. The van der Waals surface area contributed by atoms with Crippen LogP contribution in [-0.4, -0.2) is 72.5 Å². The first-order valence-corrected chi connectivity index (χ1v) is 9.34. The highest BCUT2D eigenvalue weighted by molar-refractivity contribution is 7.13. The Morgan fingerprint density at radius 3 is 2.88 bits per heavy atom. The number of carbonyl (C=O) groups excluding carboxylic acids is 2. The van der Waals surface area contributed by atoms with Crippen LogP contribution in [0.2, 0.25) is 0 Å². The molecule has 0 aromatic carbocycles. The number of morpholine rings is 1. The maximum atomic E-state index is 12.4. The van der Waals surface area contributed by atoms with E-state index < -0.39 is 0 Å². The second-order valence-corrected chi connectivity index (χ2v) is 6.65. The van der Waals surface area contributed by atoms with Crippen molar-refractivity contribution in [1.82, 2.24) is 14.8 Å². The van der Waals surface area contributed by atoms with Crippen molar-refractivity contribution in [3.05, 3.63) is 11.6 Å². The van der Waals surface area contributed by atoms with Gasteiger partial charge in [0, 0.05) is 44.2 Å². The first-order valence-electron chi connectivity index (χ1n) is 8.46. The lowest BCUT2D eigenvalue weighted by molar-refractivity contribution is -0.135. The van der Waals surface area contributed by atoms with E-state index in [1.807, 2.05) is 0 Å². The van der Waals surface area contributed by atoms with Crippen molar-refractivity contribution in [2.75, 3.05) is 51.3 Å². The van der Waals surface area contributed by atoms with Crippen molar-refractivity contribution in [3.63, 3.8) is 0 Å². The van der Waals surface area contributed by atoms with Crippen LogP contribution in [0.4, 0.5) is 5.13 Å². The predicted octanol–water partition coefficient (Wildman–Crippen LogP) is 1.43.